The largest absolute Gasteiger partial charge is 0.462 e. The molecule has 1 amide bonds. The number of amidine groups is 1. The van der Waals surface area contributed by atoms with E-state index in [0.29, 0.717) is 23.4 Å². The Morgan fingerprint density at radius 3 is 2.56 bits per heavy atom. The molecule has 5 heteroatoms. The van der Waals surface area contributed by atoms with Crippen molar-refractivity contribution in [2.75, 3.05) is 0 Å². The van der Waals surface area contributed by atoms with Gasteiger partial charge < -0.3 is 9.73 Å². The van der Waals surface area contributed by atoms with Gasteiger partial charge in [-0.15, -0.1) is 0 Å². The quantitative estimate of drug-likeness (QED) is 0.788. The maximum atomic E-state index is 12.5. The highest BCUT2D eigenvalue weighted by molar-refractivity contribution is 6.22. The lowest BCUT2D eigenvalue weighted by atomic mass is 10.1. The van der Waals surface area contributed by atoms with Crippen LogP contribution in [0.15, 0.2) is 64.7 Å². The highest BCUT2D eigenvalue weighted by atomic mass is 16.3. The zero-order valence-electron chi connectivity index (χ0n) is 14.4. The molecule has 2 aromatic rings. The van der Waals surface area contributed by atoms with E-state index in [1.165, 1.54) is 4.90 Å². The molecule has 2 heterocycles. The number of allylic oxidation sites excluding steroid dienone is 3. The van der Waals surface area contributed by atoms with E-state index in [9.17, 15) is 4.79 Å². The Morgan fingerprint density at radius 1 is 1.16 bits per heavy atom. The van der Waals surface area contributed by atoms with Gasteiger partial charge in [-0.3, -0.25) is 15.1 Å². The molecule has 1 aromatic heterocycles. The topological polar surface area (TPSA) is 69.3 Å². The van der Waals surface area contributed by atoms with Gasteiger partial charge in [-0.1, -0.05) is 30.4 Å². The molecule has 0 spiro atoms. The summed E-state index contributed by atoms with van der Waals surface area (Å²) in [6, 6.07) is 10.9. The zero-order chi connectivity index (χ0) is 17.8. The Labute approximate surface area is 147 Å². The van der Waals surface area contributed by atoms with Gasteiger partial charge in [0.15, 0.2) is 0 Å². The van der Waals surface area contributed by atoms with E-state index in [-0.39, 0.29) is 18.3 Å². The maximum absolute atomic E-state index is 12.5. The van der Waals surface area contributed by atoms with Crippen LogP contribution in [-0.4, -0.2) is 16.6 Å². The molecule has 1 aliphatic heterocycles. The first-order valence-corrected chi connectivity index (χ1v) is 8.24. The fourth-order valence-corrected chi connectivity index (χ4v) is 2.80. The van der Waals surface area contributed by atoms with Gasteiger partial charge in [-0.25, -0.2) is 0 Å². The van der Waals surface area contributed by atoms with Crippen LogP contribution in [0.1, 0.15) is 41.3 Å². The third-order valence-corrected chi connectivity index (χ3v) is 4.08. The molecule has 25 heavy (non-hydrogen) atoms. The average Bonchev–Trinajstić information content (AvgIpc) is 3.18. The summed E-state index contributed by atoms with van der Waals surface area (Å²) in [7, 11) is 0. The molecule has 0 bridgehead atoms. The number of hydrogen-bond acceptors (Lipinski definition) is 4. The van der Waals surface area contributed by atoms with Crippen molar-refractivity contribution in [3.63, 3.8) is 0 Å². The van der Waals surface area contributed by atoms with E-state index in [2.05, 4.69) is 5.32 Å². The molecule has 3 rings (SSSR count). The van der Waals surface area contributed by atoms with E-state index >= 15 is 0 Å². The van der Waals surface area contributed by atoms with Gasteiger partial charge in [0.2, 0.25) is 0 Å². The molecule has 128 valence electrons. The molecule has 0 aliphatic carbocycles. The SMILES string of the molecule is C/C=C\C(=C/C)NCc1ccc(CN2C(=N)c3ccccc3C2=O)o1. The summed E-state index contributed by atoms with van der Waals surface area (Å²) < 4.78 is 5.81. The van der Waals surface area contributed by atoms with Crippen molar-refractivity contribution in [3.8, 4) is 0 Å². The third kappa shape index (κ3) is 3.40. The van der Waals surface area contributed by atoms with Crippen LogP contribution >= 0.6 is 0 Å². The summed E-state index contributed by atoms with van der Waals surface area (Å²) >= 11 is 0. The predicted molar refractivity (Wildman–Crippen MR) is 97.3 cm³/mol. The Balaban J connectivity index is 1.67. The number of carbonyl (C=O) groups is 1. The average molecular weight is 335 g/mol. The zero-order valence-corrected chi connectivity index (χ0v) is 14.4. The molecular weight excluding hydrogens is 314 g/mol. The summed E-state index contributed by atoms with van der Waals surface area (Å²) in [4.78, 5) is 13.9. The van der Waals surface area contributed by atoms with Gasteiger partial charge in [0.25, 0.3) is 5.91 Å². The smallest absolute Gasteiger partial charge is 0.260 e. The lowest BCUT2D eigenvalue weighted by Gasteiger charge is -2.14. The van der Waals surface area contributed by atoms with Crippen LogP contribution in [0.3, 0.4) is 0 Å². The molecule has 1 aliphatic rings. The van der Waals surface area contributed by atoms with Crippen molar-refractivity contribution in [2.24, 2.45) is 0 Å². The van der Waals surface area contributed by atoms with E-state index < -0.39 is 0 Å². The van der Waals surface area contributed by atoms with Crippen LogP contribution < -0.4 is 5.32 Å². The highest BCUT2D eigenvalue weighted by Crippen LogP contribution is 2.24. The minimum absolute atomic E-state index is 0.152. The number of rotatable bonds is 6. The monoisotopic (exact) mass is 335 g/mol. The third-order valence-electron chi connectivity index (χ3n) is 4.08. The number of nitrogens with one attached hydrogen (secondary N) is 2. The lowest BCUT2D eigenvalue weighted by molar-refractivity contribution is 0.0845. The maximum Gasteiger partial charge on any atom is 0.260 e. The number of fused-ring (bicyclic) bond motifs is 1. The van der Waals surface area contributed by atoms with Crippen LogP contribution in [0.25, 0.3) is 0 Å². The predicted octanol–water partition coefficient (Wildman–Crippen LogP) is 3.83. The van der Waals surface area contributed by atoms with Gasteiger partial charge >= 0.3 is 0 Å². The van der Waals surface area contributed by atoms with Crippen molar-refractivity contribution in [2.45, 2.75) is 26.9 Å². The number of carbonyl (C=O) groups excluding carboxylic acids is 1. The Bertz CT molecular complexity index is 826. The Morgan fingerprint density at radius 2 is 1.88 bits per heavy atom. The standard InChI is InChI=1S/C20H21N3O2/c1-3-7-14(4-2)22-12-15-10-11-16(25-15)13-23-19(21)17-8-5-6-9-18(17)20(23)24/h3-11,21-22H,12-13H2,1-2H3/b7-3-,14-4+,21-19?. The van der Waals surface area contributed by atoms with Crippen molar-refractivity contribution >= 4 is 11.7 Å². The Hall–Kier alpha value is -3.08. The van der Waals surface area contributed by atoms with Crippen LogP contribution in [0.2, 0.25) is 0 Å². The van der Waals surface area contributed by atoms with Crippen molar-refractivity contribution in [3.05, 3.63) is 83.0 Å². The molecule has 0 atom stereocenters. The number of benzene rings is 1. The van der Waals surface area contributed by atoms with Crippen molar-refractivity contribution < 1.29 is 9.21 Å². The molecular formula is C20H21N3O2. The van der Waals surface area contributed by atoms with Gasteiger partial charge in [0.05, 0.1) is 18.7 Å². The minimum atomic E-state index is -0.152. The summed E-state index contributed by atoms with van der Waals surface area (Å²) in [5, 5.41) is 11.5. The van der Waals surface area contributed by atoms with E-state index in [1.54, 1.807) is 12.1 Å². The molecule has 5 nitrogen and oxygen atoms in total. The molecule has 0 saturated carbocycles. The van der Waals surface area contributed by atoms with Crippen molar-refractivity contribution in [1.29, 1.82) is 5.41 Å². The van der Waals surface area contributed by atoms with Crippen molar-refractivity contribution in [1.82, 2.24) is 10.2 Å². The minimum Gasteiger partial charge on any atom is -0.462 e. The van der Waals surface area contributed by atoms with Crippen LogP contribution in [0, 0.1) is 5.41 Å². The normalized spacial score (nSPS) is 14.5. The van der Waals surface area contributed by atoms with Crippen LogP contribution in [-0.2, 0) is 13.1 Å². The number of hydrogen-bond donors (Lipinski definition) is 2. The van der Waals surface area contributed by atoms with E-state index in [1.807, 2.05) is 56.3 Å². The molecule has 0 radical (unpaired) electrons. The molecule has 0 unspecified atom stereocenters. The van der Waals surface area contributed by atoms with E-state index in [4.69, 9.17) is 9.83 Å². The lowest BCUT2D eigenvalue weighted by Crippen LogP contribution is -2.28. The van der Waals surface area contributed by atoms with Crippen LogP contribution in [0.4, 0.5) is 0 Å². The molecule has 1 aromatic carbocycles. The second kappa shape index (κ2) is 7.21. The molecule has 2 N–H and O–H groups in total. The fraction of sp³-hybridized carbons (Fsp3) is 0.200. The van der Waals surface area contributed by atoms with Gasteiger partial charge in [0, 0.05) is 11.3 Å². The second-order valence-corrected chi connectivity index (χ2v) is 5.75. The van der Waals surface area contributed by atoms with Gasteiger partial charge in [0.1, 0.15) is 17.4 Å². The van der Waals surface area contributed by atoms with Crippen LogP contribution in [0.5, 0.6) is 0 Å². The molecule has 0 fully saturated rings. The fourth-order valence-electron chi connectivity index (χ4n) is 2.80. The summed E-state index contributed by atoms with van der Waals surface area (Å²) in [5.74, 6) is 1.52. The molecule has 0 saturated heterocycles. The highest BCUT2D eigenvalue weighted by Gasteiger charge is 2.32. The number of amides is 1. The first kappa shape index (κ1) is 16.8. The van der Waals surface area contributed by atoms with Gasteiger partial charge in [-0.05, 0) is 38.1 Å². The van der Waals surface area contributed by atoms with E-state index in [0.717, 1.165) is 11.5 Å². The first-order valence-electron chi connectivity index (χ1n) is 8.24. The second-order valence-electron chi connectivity index (χ2n) is 5.75. The first-order chi connectivity index (χ1) is 12.1. The Kier molecular flexibility index (Phi) is 4.84. The van der Waals surface area contributed by atoms with Gasteiger partial charge in [-0.2, -0.15) is 0 Å². The summed E-state index contributed by atoms with van der Waals surface area (Å²) in [5.41, 5.74) is 2.27. The number of furan rings is 1. The number of nitrogens with zero attached hydrogens (tertiary/aromatic N) is 1. The summed E-state index contributed by atoms with van der Waals surface area (Å²) in [6.45, 7) is 4.77. The summed E-state index contributed by atoms with van der Waals surface area (Å²) in [6.07, 6.45) is 5.95.